The lowest BCUT2D eigenvalue weighted by molar-refractivity contribution is -0.283. The van der Waals surface area contributed by atoms with Crippen molar-refractivity contribution in [3.63, 3.8) is 0 Å². The van der Waals surface area contributed by atoms with Crippen LogP contribution in [0.3, 0.4) is 0 Å². The monoisotopic (exact) mass is 230 g/mol. The van der Waals surface area contributed by atoms with E-state index < -0.39 is 12.2 Å². The molecule has 0 aliphatic rings. The molecule has 3 heteroatoms. The van der Waals surface area contributed by atoms with Gasteiger partial charge in [0, 0.05) is 0 Å². The summed E-state index contributed by atoms with van der Waals surface area (Å²) in [5.41, 5.74) is 0. The Morgan fingerprint density at radius 3 is 2.38 bits per heavy atom. The number of rotatable bonds is 10. The molecule has 96 valence electrons. The van der Waals surface area contributed by atoms with Crippen molar-refractivity contribution in [1.29, 1.82) is 0 Å². The molecule has 0 spiro atoms. The highest BCUT2D eigenvalue weighted by Gasteiger charge is 2.16. The fourth-order valence-corrected chi connectivity index (χ4v) is 1.55. The zero-order chi connectivity index (χ0) is 12.2. The molecule has 0 fully saturated rings. The quantitative estimate of drug-likeness (QED) is 0.261. The van der Waals surface area contributed by atoms with E-state index in [4.69, 9.17) is 5.26 Å². The van der Waals surface area contributed by atoms with Crippen molar-refractivity contribution in [2.75, 3.05) is 0 Å². The van der Waals surface area contributed by atoms with E-state index in [9.17, 15) is 5.11 Å². The zero-order valence-electron chi connectivity index (χ0n) is 10.6. The van der Waals surface area contributed by atoms with Crippen LogP contribution in [0.15, 0.2) is 12.2 Å². The molecule has 3 nitrogen and oxygen atoms in total. The molecule has 0 saturated heterocycles. The van der Waals surface area contributed by atoms with Gasteiger partial charge >= 0.3 is 0 Å². The van der Waals surface area contributed by atoms with Gasteiger partial charge in [0.1, 0.15) is 6.10 Å². The van der Waals surface area contributed by atoms with Crippen molar-refractivity contribution in [1.82, 2.24) is 0 Å². The van der Waals surface area contributed by atoms with Crippen LogP contribution < -0.4 is 0 Å². The minimum Gasteiger partial charge on any atom is -0.390 e. The van der Waals surface area contributed by atoms with Crippen molar-refractivity contribution < 1.29 is 15.3 Å². The Bertz CT molecular complexity index is 169. The van der Waals surface area contributed by atoms with Gasteiger partial charge in [-0.05, 0) is 19.3 Å². The highest BCUT2D eigenvalue weighted by atomic mass is 17.1. The third kappa shape index (κ3) is 7.85. The van der Waals surface area contributed by atoms with E-state index in [0.717, 1.165) is 25.7 Å². The van der Waals surface area contributed by atoms with Gasteiger partial charge in [0.25, 0.3) is 0 Å². The number of hydrogen-bond donors (Lipinski definition) is 2. The predicted octanol–water partition coefficient (Wildman–Crippen LogP) is 3.53. The average molecular weight is 230 g/mol. The van der Waals surface area contributed by atoms with E-state index in [1.807, 2.05) is 6.08 Å². The fourth-order valence-electron chi connectivity index (χ4n) is 1.55. The summed E-state index contributed by atoms with van der Waals surface area (Å²) in [6.45, 7) is 4.24. The van der Waals surface area contributed by atoms with E-state index >= 15 is 0 Å². The summed E-state index contributed by atoms with van der Waals surface area (Å²) in [4.78, 5) is 4.28. The van der Waals surface area contributed by atoms with E-state index in [0.29, 0.717) is 6.42 Å². The van der Waals surface area contributed by atoms with Crippen LogP contribution >= 0.6 is 0 Å². The van der Waals surface area contributed by atoms with Crippen molar-refractivity contribution in [3.8, 4) is 0 Å². The smallest absolute Gasteiger partial charge is 0.137 e. The molecular formula is C13H26O3. The van der Waals surface area contributed by atoms with E-state index in [-0.39, 0.29) is 0 Å². The Morgan fingerprint density at radius 1 is 1.12 bits per heavy atom. The van der Waals surface area contributed by atoms with E-state index in [2.05, 4.69) is 18.7 Å². The van der Waals surface area contributed by atoms with Crippen LogP contribution in [0.5, 0.6) is 0 Å². The molecule has 0 aliphatic carbocycles. The van der Waals surface area contributed by atoms with Crippen LogP contribution in [0, 0.1) is 0 Å². The Balaban J connectivity index is 3.79. The minimum atomic E-state index is -0.604. The molecule has 2 atom stereocenters. The lowest BCUT2D eigenvalue weighted by atomic mass is 10.1. The van der Waals surface area contributed by atoms with Gasteiger partial charge in [-0.3, -0.25) is 5.26 Å². The summed E-state index contributed by atoms with van der Waals surface area (Å²) < 4.78 is 0. The maximum atomic E-state index is 9.71. The Labute approximate surface area is 99.1 Å². The van der Waals surface area contributed by atoms with Crippen LogP contribution in [-0.2, 0) is 4.89 Å². The molecule has 0 rings (SSSR count). The Kier molecular flexibility index (Phi) is 10.9. The van der Waals surface area contributed by atoms with Crippen LogP contribution in [0.4, 0.5) is 0 Å². The van der Waals surface area contributed by atoms with Crippen LogP contribution in [0.1, 0.15) is 58.8 Å². The van der Waals surface area contributed by atoms with Crippen LogP contribution in [0.25, 0.3) is 0 Å². The number of unbranched alkanes of at least 4 members (excludes halogenated alkanes) is 4. The van der Waals surface area contributed by atoms with Crippen LogP contribution in [-0.4, -0.2) is 22.6 Å². The third-order valence-corrected chi connectivity index (χ3v) is 2.65. The molecule has 0 heterocycles. The SMILES string of the molecule is CCCCC/C=C/[C@H](OO)[C@@H](O)CCCC. The normalized spacial score (nSPS) is 15.5. The van der Waals surface area contributed by atoms with Crippen molar-refractivity contribution in [2.24, 2.45) is 0 Å². The number of aliphatic hydroxyl groups excluding tert-OH is 1. The van der Waals surface area contributed by atoms with Gasteiger partial charge < -0.3 is 5.11 Å². The second-order valence-electron chi connectivity index (χ2n) is 4.20. The second-order valence-corrected chi connectivity index (χ2v) is 4.20. The highest BCUT2D eigenvalue weighted by Crippen LogP contribution is 2.10. The third-order valence-electron chi connectivity index (χ3n) is 2.65. The summed E-state index contributed by atoms with van der Waals surface area (Å²) in [6, 6.07) is 0. The zero-order valence-corrected chi connectivity index (χ0v) is 10.6. The molecule has 0 aromatic heterocycles. The number of allylic oxidation sites excluding steroid dienone is 1. The van der Waals surface area contributed by atoms with E-state index in [1.54, 1.807) is 6.08 Å². The molecule has 0 radical (unpaired) electrons. The summed E-state index contributed by atoms with van der Waals surface area (Å²) in [7, 11) is 0. The first kappa shape index (κ1) is 15.6. The fraction of sp³-hybridized carbons (Fsp3) is 0.846. The Morgan fingerprint density at radius 2 is 1.81 bits per heavy atom. The van der Waals surface area contributed by atoms with Gasteiger partial charge in [-0.15, -0.1) is 0 Å². The summed E-state index contributed by atoms with van der Waals surface area (Å²) >= 11 is 0. The maximum Gasteiger partial charge on any atom is 0.137 e. The number of aliphatic hydroxyl groups is 1. The summed E-state index contributed by atoms with van der Waals surface area (Å²) in [6.07, 6.45) is 9.76. The maximum absolute atomic E-state index is 9.71. The number of hydrogen-bond acceptors (Lipinski definition) is 3. The lowest BCUT2D eigenvalue weighted by Gasteiger charge is -2.16. The van der Waals surface area contributed by atoms with Crippen molar-refractivity contribution >= 4 is 0 Å². The predicted molar refractivity (Wildman–Crippen MR) is 66.3 cm³/mol. The molecule has 0 aliphatic heterocycles. The molecule has 0 saturated carbocycles. The molecule has 2 N–H and O–H groups in total. The molecule has 0 bridgehead atoms. The molecule has 0 unspecified atom stereocenters. The summed E-state index contributed by atoms with van der Waals surface area (Å²) in [5.74, 6) is 0. The van der Waals surface area contributed by atoms with Gasteiger partial charge in [-0.2, -0.15) is 0 Å². The van der Waals surface area contributed by atoms with Gasteiger partial charge in [-0.25, -0.2) is 4.89 Å². The molecule has 0 amide bonds. The second kappa shape index (κ2) is 11.1. The van der Waals surface area contributed by atoms with Gasteiger partial charge in [-0.1, -0.05) is 51.7 Å². The van der Waals surface area contributed by atoms with Gasteiger partial charge in [0.05, 0.1) is 6.10 Å². The Hall–Kier alpha value is -0.380. The van der Waals surface area contributed by atoms with Crippen molar-refractivity contribution in [2.45, 2.75) is 71.0 Å². The van der Waals surface area contributed by atoms with Crippen LogP contribution in [0.2, 0.25) is 0 Å². The van der Waals surface area contributed by atoms with Crippen molar-refractivity contribution in [3.05, 3.63) is 12.2 Å². The minimum absolute atomic E-state index is 0.576. The van der Waals surface area contributed by atoms with E-state index in [1.165, 1.54) is 12.8 Å². The van der Waals surface area contributed by atoms with Gasteiger partial charge in [0.2, 0.25) is 0 Å². The first-order chi connectivity index (χ1) is 7.76. The topological polar surface area (TPSA) is 49.7 Å². The first-order valence-electron chi connectivity index (χ1n) is 6.41. The highest BCUT2D eigenvalue weighted by molar-refractivity contribution is 4.92. The molecular weight excluding hydrogens is 204 g/mol. The van der Waals surface area contributed by atoms with Gasteiger partial charge in [0.15, 0.2) is 0 Å². The average Bonchev–Trinajstić information content (AvgIpc) is 2.31. The molecule has 0 aromatic carbocycles. The largest absolute Gasteiger partial charge is 0.390 e. The molecule has 16 heavy (non-hydrogen) atoms. The summed E-state index contributed by atoms with van der Waals surface area (Å²) in [5, 5.41) is 18.4. The first-order valence-corrected chi connectivity index (χ1v) is 6.41. The standard InChI is InChI=1S/C13H26O3/c1-3-5-7-8-9-11-13(16-15)12(14)10-6-4-2/h9,11-15H,3-8,10H2,1-2H3/b11-9+/t12-,13-/m0/s1. The molecule has 0 aromatic rings. The lowest BCUT2D eigenvalue weighted by Crippen LogP contribution is -2.26.